The van der Waals surface area contributed by atoms with Crippen molar-refractivity contribution in [2.45, 2.75) is 38.5 Å². The fourth-order valence-corrected chi connectivity index (χ4v) is 10.5. The first-order valence-electron chi connectivity index (χ1n) is 11.5. The van der Waals surface area contributed by atoms with E-state index in [9.17, 15) is 0 Å². The van der Waals surface area contributed by atoms with Crippen molar-refractivity contribution in [1.82, 2.24) is 5.01 Å². The van der Waals surface area contributed by atoms with Crippen LogP contribution < -0.4 is 16.2 Å². The Morgan fingerprint density at radius 3 is 2.06 bits per heavy atom. The van der Waals surface area contributed by atoms with Gasteiger partial charge in [0.2, 0.25) is 0 Å². The monoisotopic (exact) mass is 426 g/mol. The molecule has 0 radical (unpaired) electrons. The molecule has 0 saturated carbocycles. The minimum atomic E-state index is -2.25. The molecule has 2 aliphatic rings. The second-order valence-corrected chi connectivity index (χ2v) is 12.7. The molecule has 2 aromatic rings. The number of hydrogen-bond donors (Lipinski definition) is 1. The maximum atomic E-state index is 5.84. The van der Waals surface area contributed by atoms with Crippen molar-refractivity contribution in [3.8, 4) is 0 Å². The Bertz CT molecular complexity index is 967. The van der Waals surface area contributed by atoms with Gasteiger partial charge in [-0.1, -0.05) is 101 Å². The second-order valence-electron chi connectivity index (χ2n) is 8.72. The number of nitrogens with zero attached hydrogens (tertiary/aromatic N) is 1. The quantitative estimate of drug-likeness (QED) is 0.379. The molecule has 2 aromatic carbocycles. The third-order valence-corrected chi connectivity index (χ3v) is 11.7. The number of aryl methyl sites for hydroxylation is 1. The lowest BCUT2D eigenvalue weighted by molar-refractivity contribution is 0.343. The van der Waals surface area contributed by atoms with Crippen LogP contribution >= 0.6 is 0 Å². The molecule has 0 amide bonds. The van der Waals surface area contributed by atoms with Gasteiger partial charge in [0.15, 0.2) is 8.07 Å². The van der Waals surface area contributed by atoms with Crippen LogP contribution in [0.3, 0.4) is 0 Å². The summed E-state index contributed by atoms with van der Waals surface area (Å²) in [6, 6.07) is 20.8. The molecule has 0 spiro atoms. The molecule has 2 nitrogen and oxygen atoms in total. The summed E-state index contributed by atoms with van der Waals surface area (Å²) < 4.78 is 0. The average Bonchev–Trinajstić information content (AvgIpc) is 2.82. The lowest BCUT2D eigenvalue weighted by atomic mass is 10.1. The van der Waals surface area contributed by atoms with Gasteiger partial charge in [-0.3, -0.25) is 10.9 Å². The Hall–Kier alpha value is -2.46. The summed E-state index contributed by atoms with van der Waals surface area (Å²) >= 11 is 0. The minimum Gasteiger partial charge on any atom is -0.269 e. The standard InChI is InChI=1S/C28H34N2Si/c1-30(29)22-12-14-24-13-11-21-28(23-24)31(25-15-5-2-6-16-25,26-17-7-3-8-18-26)27-19-9-4-10-20-27/h2-7,9,11,13,15-17,19,21,23H,8,10,12,14,18,20,22,29H2,1H3. The molecule has 0 unspecified atom stereocenters. The minimum absolute atomic E-state index is 0.914. The van der Waals surface area contributed by atoms with Crippen molar-refractivity contribution in [1.29, 1.82) is 0 Å². The van der Waals surface area contributed by atoms with E-state index >= 15 is 0 Å². The molecule has 0 bridgehead atoms. The molecule has 31 heavy (non-hydrogen) atoms. The smallest absolute Gasteiger partial charge is 0.171 e. The molecular formula is C28H34N2Si. The van der Waals surface area contributed by atoms with Gasteiger partial charge in [0.25, 0.3) is 0 Å². The lowest BCUT2D eigenvalue weighted by Gasteiger charge is -2.39. The Morgan fingerprint density at radius 1 is 0.839 bits per heavy atom. The predicted octanol–water partition coefficient (Wildman–Crippen LogP) is 4.62. The highest BCUT2D eigenvalue weighted by Crippen LogP contribution is 2.33. The summed E-state index contributed by atoms with van der Waals surface area (Å²) in [6.07, 6.45) is 20.8. The van der Waals surface area contributed by atoms with Crippen LogP contribution in [-0.2, 0) is 6.42 Å². The first kappa shape index (κ1) is 21.8. The number of hydrogen-bond acceptors (Lipinski definition) is 2. The number of nitrogens with two attached hydrogens (primary N) is 1. The number of allylic oxidation sites excluding steroid dienone is 8. The molecule has 3 heteroatoms. The molecule has 0 atom stereocenters. The highest BCUT2D eigenvalue weighted by atomic mass is 28.3. The van der Waals surface area contributed by atoms with E-state index < -0.39 is 8.07 Å². The summed E-state index contributed by atoms with van der Waals surface area (Å²) in [5.41, 5.74) is 1.42. The van der Waals surface area contributed by atoms with Crippen molar-refractivity contribution in [2.75, 3.05) is 13.6 Å². The Morgan fingerprint density at radius 2 is 1.48 bits per heavy atom. The van der Waals surface area contributed by atoms with Gasteiger partial charge >= 0.3 is 0 Å². The molecule has 0 heterocycles. The van der Waals surface area contributed by atoms with Gasteiger partial charge < -0.3 is 0 Å². The van der Waals surface area contributed by atoms with E-state index in [1.54, 1.807) is 15.4 Å². The van der Waals surface area contributed by atoms with Crippen LogP contribution in [0, 0.1) is 0 Å². The third-order valence-electron chi connectivity index (χ3n) is 6.53. The van der Waals surface area contributed by atoms with Crippen LogP contribution in [0.5, 0.6) is 0 Å². The van der Waals surface area contributed by atoms with Crippen LogP contribution in [0.1, 0.15) is 37.7 Å². The highest BCUT2D eigenvalue weighted by Gasteiger charge is 2.44. The summed E-state index contributed by atoms with van der Waals surface area (Å²) in [5.74, 6) is 5.84. The number of benzene rings is 2. The van der Waals surface area contributed by atoms with Crippen molar-refractivity contribution in [3.05, 3.63) is 107 Å². The second kappa shape index (κ2) is 10.2. The zero-order valence-electron chi connectivity index (χ0n) is 18.6. The fourth-order valence-electron chi connectivity index (χ4n) is 5.13. The molecule has 2 aliphatic carbocycles. The summed E-state index contributed by atoms with van der Waals surface area (Å²) in [5, 5.41) is 8.10. The zero-order chi connectivity index (χ0) is 21.5. The molecule has 4 rings (SSSR count). The van der Waals surface area contributed by atoms with Crippen LogP contribution in [0.25, 0.3) is 0 Å². The Labute approximate surface area is 188 Å². The van der Waals surface area contributed by atoms with Gasteiger partial charge in [0, 0.05) is 13.6 Å². The van der Waals surface area contributed by atoms with Crippen molar-refractivity contribution in [3.63, 3.8) is 0 Å². The van der Waals surface area contributed by atoms with Crippen LogP contribution in [-0.4, -0.2) is 26.7 Å². The third kappa shape index (κ3) is 4.74. The van der Waals surface area contributed by atoms with E-state index in [-0.39, 0.29) is 0 Å². The lowest BCUT2D eigenvalue weighted by Crippen LogP contribution is -2.62. The summed E-state index contributed by atoms with van der Waals surface area (Å²) in [7, 11) is -0.313. The molecule has 0 aliphatic heterocycles. The average molecular weight is 427 g/mol. The van der Waals surface area contributed by atoms with E-state index in [4.69, 9.17) is 5.84 Å². The largest absolute Gasteiger partial charge is 0.269 e. The van der Waals surface area contributed by atoms with Gasteiger partial charge in [-0.2, -0.15) is 0 Å². The van der Waals surface area contributed by atoms with Gasteiger partial charge in [-0.15, -0.1) is 0 Å². The summed E-state index contributed by atoms with van der Waals surface area (Å²) in [6.45, 7) is 0.914. The van der Waals surface area contributed by atoms with Gasteiger partial charge in [0.1, 0.15) is 0 Å². The predicted molar refractivity (Wildman–Crippen MR) is 136 cm³/mol. The first-order chi connectivity index (χ1) is 15.2. The molecule has 160 valence electrons. The topological polar surface area (TPSA) is 29.3 Å². The van der Waals surface area contributed by atoms with Crippen molar-refractivity contribution < 1.29 is 0 Å². The Kier molecular flexibility index (Phi) is 7.18. The highest BCUT2D eigenvalue weighted by molar-refractivity contribution is 7.12. The van der Waals surface area contributed by atoms with E-state index in [0.717, 1.165) is 45.1 Å². The summed E-state index contributed by atoms with van der Waals surface area (Å²) in [4.78, 5) is 0. The van der Waals surface area contributed by atoms with Gasteiger partial charge in [-0.25, -0.2) is 0 Å². The SMILES string of the molecule is CN(N)CCCc1cccc([Si](C2=CC=CCC2)(C2=CC=CCC2)c2ccccc2)c1. The van der Waals surface area contributed by atoms with Gasteiger partial charge in [0.05, 0.1) is 0 Å². The van der Waals surface area contributed by atoms with Crippen LogP contribution in [0.15, 0.2) is 101 Å². The molecule has 2 N–H and O–H groups in total. The van der Waals surface area contributed by atoms with Crippen LogP contribution in [0.2, 0.25) is 0 Å². The first-order valence-corrected chi connectivity index (χ1v) is 13.5. The van der Waals surface area contributed by atoms with E-state index in [1.807, 2.05) is 7.05 Å². The molecule has 0 fully saturated rings. The molecular weight excluding hydrogens is 392 g/mol. The van der Waals surface area contributed by atoms with E-state index in [2.05, 4.69) is 91.1 Å². The normalized spacial score (nSPS) is 16.4. The molecule has 0 saturated heterocycles. The van der Waals surface area contributed by atoms with Gasteiger partial charge in [-0.05, 0) is 54.5 Å². The van der Waals surface area contributed by atoms with E-state index in [0.29, 0.717) is 0 Å². The zero-order valence-corrected chi connectivity index (χ0v) is 19.6. The van der Waals surface area contributed by atoms with E-state index in [1.165, 1.54) is 15.9 Å². The maximum absolute atomic E-state index is 5.84. The number of hydrazine groups is 1. The fraction of sp³-hybridized carbons (Fsp3) is 0.286. The Balaban J connectivity index is 1.88. The molecule has 0 aromatic heterocycles. The van der Waals surface area contributed by atoms with Crippen molar-refractivity contribution >= 4 is 18.4 Å². The van der Waals surface area contributed by atoms with Crippen molar-refractivity contribution in [2.24, 2.45) is 5.84 Å². The number of rotatable bonds is 8. The van der Waals surface area contributed by atoms with Crippen LogP contribution in [0.4, 0.5) is 0 Å². The maximum Gasteiger partial charge on any atom is 0.171 e.